The van der Waals surface area contributed by atoms with Gasteiger partial charge in [0.05, 0.1) is 6.04 Å². The van der Waals surface area contributed by atoms with E-state index >= 15 is 0 Å². The van der Waals surface area contributed by atoms with Gasteiger partial charge in [0.25, 0.3) is 0 Å². The number of aliphatic imine (C=N–C) groups is 1. The molecule has 2 saturated heterocycles. The topological polar surface area (TPSA) is 27.6 Å². The molecule has 0 aromatic heterocycles. The van der Waals surface area contributed by atoms with Crippen molar-refractivity contribution in [2.45, 2.75) is 25.3 Å². The molecule has 3 rings (SSSR count). The zero-order valence-corrected chi connectivity index (χ0v) is 12.7. The molecule has 1 N–H and O–H groups in total. The molecule has 0 amide bonds. The van der Waals surface area contributed by atoms with Crippen molar-refractivity contribution in [3.63, 3.8) is 0 Å². The Morgan fingerprint density at radius 1 is 1.20 bits per heavy atom. The van der Waals surface area contributed by atoms with Crippen LogP contribution in [0.5, 0.6) is 0 Å². The molecule has 1 atom stereocenters. The standard InChI is InChI=1S/C16H23N3S/c1-2-7-14(8-3-1)15-13-20-16(18-15)17-9-6-12-19-10-4-5-11-19/h1-3,7-8,15H,4-6,9-13H2,(H,17,18). The van der Waals surface area contributed by atoms with E-state index in [0.29, 0.717) is 6.04 Å². The van der Waals surface area contributed by atoms with Crippen molar-refractivity contribution in [1.29, 1.82) is 0 Å². The van der Waals surface area contributed by atoms with Gasteiger partial charge in [-0.1, -0.05) is 42.1 Å². The summed E-state index contributed by atoms with van der Waals surface area (Å²) in [6.45, 7) is 4.75. The average molecular weight is 289 g/mol. The van der Waals surface area contributed by atoms with Crippen LogP contribution < -0.4 is 5.32 Å². The van der Waals surface area contributed by atoms with Crippen molar-refractivity contribution in [2.24, 2.45) is 4.99 Å². The molecule has 0 radical (unpaired) electrons. The van der Waals surface area contributed by atoms with E-state index in [4.69, 9.17) is 4.99 Å². The summed E-state index contributed by atoms with van der Waals surface area (Å²) < 4.78 is 0. The van der Waals surface area contributed by atoms with Gasteiger partial charge in [-0.05, 0) is 44.5 Å². The van der Waals surface area contributed by atoms with Crippen LogP contribution in [-0.4, -0.2) is 42.0 Å². The van der Waals surface area contributed by atoms with Crippen LogP contribution in [0.2, 0.25) is 0 Å². The molecule has 0 spiro atoms. The molecular formula is C16H23N3S. The third-order valence-electron chi connectivity index (χ3n) is 3.97. The molecule has 4 heteroatoms. The van der Waals surface area contributed by atoms with Crippen molar-refractivity contribution in [2.75, 3.05) is 31.9 Å². The van der Waals surface area contributed by atoms with Gasteiger partial charge in [0.2, 0.25) is 0 Å². The molecule has 1 unspecified atom stereocenters. The van der Waals surface area contributed by atoms with E-state index in [-0.39, 0.29) is 0 Å². The second-order valence-corrected chi connectivity index (χ2v) is 6.52. The normalized spacial score (nSPS) is 25.2. The highest BCUT2D eigenvalue weighted by molar-refractivity contribution is 8.14. The fourth-order valence-electron chi connectivity index (χ4n) is 2.83. The zero-order valence-electron chi connectivity index (χ0n) is 11.9. The van der Waals surface area contributed by atoms with Crippen molar-refractivity contribution < 1.29 is 0 Å². The Hall–Kier alpha value is -1.00. The van der Waals surface area contributed by atoms with E-state index < -0.39 is 0 Å². The Balaban J connectivity index is 1.41. The number of nitrogens with one attached hydrogen (secondary N) is 1. The smallest absolute Gasteiger partial charge is 0.157 e. The predicted molar refractivity (Wildman–Crippen MR) is 87.4 cm³/mol. The van der Waals surface area contributed by atoms with E-state index in [1.807, 2.05) is 11.8 Å². The molecule has 3 nitrogen and oxygen atoms in total. The number of benzene rings is 1. The van der Waals surface area contributed by atoms with Crippen LogP contribution in [-0.2, 0) is 0 Å². The molecule has 0 bridgehead atoms. The van der Waals surface area contributed by atoms with E-state index in [9.17, 15) is 0 Å². The monoisotopic (exact) mass is 289 g/mol. The predicted octanol–water partition coefficient (Wildman–Crippen LogP) is 2.91. The van der Waals surface area contributed by atoms with Gasteiger partial charge < -0.3 is 10.2 Å². The van der Waals surface area contributed by atoms with Gasteiger partial charge in [-0.2, -0.15) is 0 Å². The summed E-state index contributed by atoms with van der Waals surface area (Å²) in [6.07, 6.45) is 3.94. The lowest BCUT2D eigenvalue weighted by Crippen LogP contribution is -2.22. The fourth-order valence-corrected chi connectivity index (χ4v) is 3.84. The molecule has 2 fully saturated rings. The summed E-state index contributed by atoms with van der Waals surface area (Å²) in [5, 5.41) is 4.66. The summed E-state index contributed by atoms with van der Waals surface area (Å²) in [6, 6.07) is 11.1. The Kier molecular flexibility index (Phi) is 4.98. The molecular weight excluding hydrogens is 266 g/mol. The Morgan fingerprint density at radius 3 is 2.80 bits per heavy atom. The van der Waals surface area contributed by atoms with Gasteiger partial charge in [-0.3, -0.25) is 4.99 Å². The van der Waals surface area contributed by atoms with Crippen LogP contribution in [0.15, 0.2) is 35.3 Å². The highest BCUT2D eigenvalue weighted by Crippen LogP contribution is 2.25. The number of rotatable bonds is 5. The van der Waals surface area contributed by atoms with Gasteiger partial charge in [0.15, 0.2) is 5.17 Å². The number of likely N-dealkylation sites (tertiary alicyclic amines) is 1. The maximum absolute atomic E-state index is 4.70. The van der Waals surface area contributed by atoms with Crippen LogP contribution in [0.3, 0.4) is 0 Å². The average Bonchev–Trinajstić information content (AvgIpc) is 3.16. The summed E-state index contributed by atoms with van der Waals surface area (Å²) in [4.78, 5) is 7.26. The maximum atomic E-state index is 4.70. The van der Waals surface area contributed by atoms with E-state index in [1.54, 1.807) is 0 Å². The van der Waals surface area contributed by atoms with Gasteiger partial charge in [0, 0.05) is 12.3 Å². The van der Waals surface area contributed by atoms with Crippen molar-refractivity contribution in [3.8, 4) is 0 Å². The minimum Gasteiger partial charge on any atom is -0.357 e. The first-order valence-electron chi connectivity index (χ1n) is 7.63. The van der Waals surface area contributed by atoms with Crippen LogP contribution in [0.4, 0.5) is 0 Å². The first-order valence-corrected chi connectivity index (χ1v) is 8.61. The Morgan fingerprint density at radius 2 is 2.00 bits per heavy atom. The molecule has 0 saturated carbocycles. The van der Waals surface area contributed by atoms with Crippen molar-refractivity contribution in [3.05, 3.63) is 35.9 Å². The summed E-state index contributed by atoms with van der Waals surface area (Å²) in [5.41, 5.74) is 1.36. The lowest BCUT2D eigenvalue weighted by molar-refractivity contribution is 0.336. The van der Waals surface area contributed by atoms with E-state index in [1.165, 1.54) is 44.5 Å². The van der Waals surface area contributed by atoms with Gasteiger partial charge in [0.1, 0.15) is 0 Å². The summed E-state index contributed by atoms with van der Waals surface area (Å²) in [5.74, 6) is 1.09. The first kappa shape index (κ1) is 14.0. The number of amidine groups is 1. The minimum atomic E-state index is 0.429. The number of thioether (sulfide) groups is 1. The largest absolute Gasteiger partial charge is 0.357 e. The molecule has 1 aromatic carbocycles. The molecule has 2 heterocycles. The molecule has 20 heavy (non-hydrogen) atoms. The van der Waals surface area contributed by atoms with E-state index in [2.05, 4.69) is 40.5 Å². The van der Waals surface area contributed by atoms with Crippen LogP contribution >= 0.6 is 11.8 Å². The number of hydrogen-bond acceptors (Lipinski definition) is 3. The lowest BCUT2D eigenvalue weighted by Gasteiger charge is -2.13. The van der Waals surface area contributed by atoms with Gasteiger partial charge in [-0.15, -0.1) is 0 Å². The van der Waals surface area contributed by atoms with Crippen molar-refractivity contribution >= 4 is 16.9 Å². The second kappa shape index (κ2) is 7.14. The summed E-state index contributed by atoms with van der Waals surface area (Å²) >= 11 is 1.85. The lowest BCUT2D eigenvalue weighted by atomic mass is 10.1. The van der Waals surface area contributed by atoms with Crippen LogP contribution in [0.25, 0.3) is 0 Å². The molecule has 1 aromatic rings. The van der Waals surface area contributed by atoms with Crippen LogP contribution in [0, 0.1) is 0 Å². The second-order valence-electron chi connectivity index (χ2n) is 5.51. The molecule has 2 aliphatic rings. The third-order valence-corrected chi connectivity index (χ3v) is 4.99. The SMILES string of the molecule is c1ccc(C2CSC(=NCCCN3CCCC3)N2)cc1. The molecule has 108 valence electrons. The molecule has 0 aliphatic carbocycles. The molecule has 2 aliphatic heterocycles. The summed E-state index contributed by atoms with van der Waals surface area (Å²) in [7, 11) is 0. The highest BCUT2D eigenvalue weighted by atomic mass is 32.2. The zero-order chi connectivity index (χ0) is 13.6. The third kappa shape index (κ3) is 3.76. The maximum Gasteiger partial charge on any atom is 0.157 e. The van der Waals surface area contributed by atoms with E-state index in [0.717, 1.165) is 17.5 Å². The quantitative estimate of drug-likeness (QED) is 0.845. The minimum absolute atomic E-state index is 0.429. The first-order chi connectivity index (χ1) is 9.92. The van der Waals surface area contributed by atoms with Crippen LogP contribution in [0.1, 0.15) is 30.9 Å². The van der Waals surface area contributed by atoms with Gasteiger partial charge >= 0.3 is 0 Å². The number of nitrogens with zero attached hydrogens (tertiary/aromatic N) is 2. The fraction of sp³-hybridized carbons (Fsp3) is 0.562. The van der Waals surface area contributed by atoms with Gasteiger partial charge in [-0.25, -0.2) is 0 Å². The van der Waals surface area contributed by atoms with Crippen molar-refractivity contribution in [1.82, 2.24) is 10.2 Å². The Labute approximate surface area is 125 Å². The highest BCUT2D eigenvalue weighted by Gasteiger charge is 2.21. The number of hydrogen-bond donors (Lipinski definition) is 1. The Bertz CT molecular complexity index is 440.